The van der Waals surface area contributed by atoms with Gasteiger partial charge in [0.15, 0.2) is 5.13 Å². The Morgan fingerprint density at radius 1 is 1.39 bits per heavy atom. The maximum Gasteiger partial charge on any atom is 0.230 e. The van der Waals surface area contributed by atoms with Gasteiger partial charge in [0.25, 0.3) is 0 Å². The van der Waals surface area contributed by atoms with Crippen molar-refractivity contribution in [1.29, 1.82) is 0 Å². The molecule has 0 radical (unpaired) electrons. The Morgan fingerprint density at radius 2 is 2.17 bits per heavy atom. The van der Waals surface area contributed by atoms with E-state index in [2.05, 4.69) is 45.9 Å². The number of aryl methyl sites for hydroxylation is 1. The smallest absolute Gasteiger partial charge is 0.230 e. The minimum atomic E-state index is -0.0574. The van der Waals surface area contributed by atoms with Gasteiger partial charge in [-0.1, -0.05) is 37.3 Å². The molecule has 2 atom stereocenters. The summed E-state index contributed by atoms with van der Waals surface area (Å²) >= 11 is 1.63. The largest absolute Gasteiger partial charge is 0.319 e. The number of thiazole rings is 1. The van der Waals surface area contributed by atoms with Crippen molar-refractivity contribution in [3.8, 4) is 0 Å². The predicted molar refractivity (Wildman–Crippen MR) is 95.0 cm³/mol. The maximum absolute atomic E-state index is 12.1. The van der Waals surface area contributed by atoms with Crippen LogP contribution in [-0.4, -0.2) is 24.5 Å². The van der Waals surface area contributed by atoms with E-state index < -0.39 is 0 Å². The number of nitrogens with one attached hydrogen (secondary N) is 2. The molecule has 1 aromatic carbocycles. The first-order chi connectivity index (χ1) is 11.2. The van der Waals surface area contributed by atoms with E-state index in [1.807, 2.05) is 14.0 Å². The molecule has 1 amide bonds. The van der Waals surface area contributed by atoms with Crippen LogP contribution in [0.1, 0.15) is 35.4 Å². The van der Waals surface area contributed by atoms with Gasteiger partial charge in [0.05, 0.1) is 5.69 Å². The molecule has 1 aliphatic carbocycles. The number of nitrogens with zero attached hydrogens (tertiary/aromatic N) is 1. The molecule has 0 fully saturated rings. The predicted octanol–water partition coefficient (Wildman–Crippen LogP) is 3.21. The average molecular weight is 329 g/mol. The third kappa shape index (κ3) is 3.79. The summed E-state index contributed by atoms with van der Waals surface area (Å²) in [7, 11) is 1.86. The number of hydrogen-bond acceptors (Lipinski definition) is 4. The Kier molecular flexibility index (Phi) is 5.08. The first-order valence-electron chi connectivity index (χ1n) is 8.16. The van der Waals surface area contributed by atoms with Crippen LogP contribution in [0.15, 0.2) is 30.3 Å². The third-order valence-electron chi connectivity index (χ3n) is 4.40. The van der Waals surface area contributed by atoms with Crippen molar-refractivity contribution in [2.75, 3.05) is 18.9 Å². The topological polar surface area (TPSA) is 54.0 Å². The van der Waals surface area contributed by atoms with Crippen LogP contribution < -0.4 is 10.6 Å². The molecule has 2 N–H and O–H groups in total. The van der Waals surface area contributed by atoms with Gasteiger partial charge >= 0.3 is 0 Å². The molecular weight excluding hydrogens is 306 g/mol. The van der Waals surface area contributed by atoms with Crippen LogP contribution in [0.25, 0.3) is 0 Å². The second-order valence-corrected chi connectivity index (χ2v) is 7.27. The van der Waals surface area contributed by atoms with Gasteiger partial charge in [-0.15, -0.1) is 11.3 Å². The zero-order valence-electron chi connectivity index (χ0n) is 13.6. The second kappa shape index (κ2) is 7.23. The fraction of sp³-hybridized carbons (Fsp3) is 0.444. The number of rotatable bonds is 5. The molecule has 2 unspecified atom stereocenters. The van der Waals surface area contributed by atoms with Crippen LogP contribution in [-0.2, 0) is 17.6 Å². The van der Waals surface area contributed by atoms with Gasteiger partial charge in [-0.3, -0.25) is 4.79 Å². The summed E-state index contributed by atoms with van der Waals surface area (Å²) in [6.45, 7) is 2.60. The van der Waals surface area contributed by atoms with Gasteiger partial charge in [-0.05, 0) is 37.8 Å². The fourth-order valence-corrected chi connectivity index (χ4v) is 4.16. The van der Waals surface area contributed by atoms with E-state index in [0.29, 0.717) is 12.5 Å². The van der Waals surface area contributed by atoms with E-state index in [-0.39, 0.29) is 11.8 Å². The minimum Gasteiger partial charge on any atom is -0.319 e. The molecule has 23 heavy (non-hydrogen) atoms. The second-order valence-electron chi connectivity index (χ2n) is 6.19. The Bertz CT molecular complexity index is 668. The summed E-state index contributed by atoms with van der Waals surface area (Å²) in [4.78, 5) is 18.1. The Hall–Kier alpha value is -1.72. The van der Waals surface area contributed by atoms with Gasteiger partial charge in [0.1, 0.15) is 0 Å². The number of carbonyl (C=O) groups is 1. The molecule has 0 bridgehead atoms. The van der Waals surface area contributed by atoms with Crippen LogP contribution in [0.3, 0.4) is 0 Å². The number of aromatic nitrogens is 1. The molecule has 2 aromatic rings. The molecule has 4 nitrogen and oxygen atoms in total. The molecule has 0 saturated heterocycles. The summed E-state index contributed by atoms with van der Waals surface area (Å²) in [5.41, 5.74) is 2.57. The van der Waals surface area contributed by atoms with Gasteiger partial charge < -0.3 is 10.6 Å². The lowest BCUT2D eigenvalue weighted by molar-refractivity contribution is -0.119. The van der Waals surface area contributed by atoms with Crippen LogP contribution in [0.2, 0.25) is 0 Å². The van der Waals surface area contributed by atoms with Crippen LogP contribution in [0.4, 0.5) is 5.13 Å². The lowest BCUT2D eigenvalue weighted by Crippen LogP contribution is -2.28. The number of fused-ring (bicyclic) bond motifs is 1. The Labute approximate surface area is 141 Å². The molecule has 1 heterocycles. The number of anilines is 1. The Morgan fingerprint density at radius 3 is 2.91 bits per heavy atom. The maximum atomic E-state index is 12.1. The van der Waals surface area contributed by atoms with Crippen molar-refractivity contribution < 1.29 is 4.79 Å². The molecule has 1 aromatic heterocycles. The fourth-order valence-electron chi connectivity index (χ4n) is 3.07. The molecule has 1 aliphatic rings. The van der Waals surface area contributed by atoms with Crippen molar-refractivity contribution in [2.24, 2.45) is 5.92 Å². The van der Waals surface area contributed by atoms with Crippen LogP contribution in [0.5, 0.6) is 0 Å². The SMILES string of the molecule is CNCC(C)C(=O)Nc1nc2c(s1)CC(c1ccccc1)CC2. The van der Waals surface area contributed by atoms with Crippen molar-refractivity contribution in [3.63, 3.8) is 0 Å². The van der Waals surface area contributed by atoms with E-state index in [9.17, 15) is 4.79 Å². The number of hydrogen-bond donors (Lipinski definition) is 2. The molecular formula is C18H23N3OS. The minimum absolute atomic E-state index is 0.0325. The monoisotopic (exact) mass is 329 g/mol. The van der Waals surface area contributed by atoms with Gasteiger partial charge in [0.2, 0.25) is 5.91 Å². The molecule has 0 saturated carbocycles. The van der Waals surface area contributed by atoms with E-state index in [0.717, 1.165) is 24.4 Å². The highest BCUT2D eigenvalue weighted by Gasteiger charge is 2.24. The van der Waals surface area contributed by atoms with Gasteiger partial charge in [0, 0.05) is 17.3 Å². The van der Waals surface area contributed by atoms with Crippen LogP contribution >= 0.6 is 11.3 Å². The zero-order chi connectivity index (χ0) is 16.2. The van der Waals surface area contributed by atoms with Crippen LogP contribution in [0, 0.1) is 5.92 Å². The van der Waals surface area contributed by atoms with Gasteiger partial charge in [-0.2, -0.15) is 0 Å². The lowest BCUT2D eigenvalue weighted by Gasteiger charge is -2.21. The third-order valence-corrected chi connectivity index (χ3v) is 5.43. The lowest BCUT2D eigenvalue weighted by atomic mass is 9.85. The summed E-state index contributed by atoms with van der Waals surface area (Å²) in [6.07, 6.45) is 3.15. The molecule has 122 valence electrons. The Balaban J connectivity index is 1.68. The highest BCUT2D eigenvalue weighted by molar-refractivity contribution is 7.15. The summed E-state index contributed by atoms with van der Waals surface area (Å²) < 4.78 is 0. The van der Waals surface area contributed by atoms with E-state index in [4.69, 9.17) is 0 Å². The van der Waals surface area contributed by atoms with Crippen molar-refractivity contribution in [2.45, 2.75) is 32.1 Å². The summed E-state index contributed by atoms with van der Waals surface area (Å²) in [5.74, 6) is 0.541. The molecule has 0 aliphatic heterocycles. The standard InChI is InChI=1S/C18H23N3OS/c1-12(11-19-2)17(22)21-18-20-15-9-8-14(10-16(15)23-18)13-6-4-3-5-7-13/h3-7,12,14,19H,8-11H2,1-2H3,(H,20,21,22). The zero-order valence-corrected chi connectivity index (χ0v) is 14.5. The van der Waals surface area contributed by atoms with E-state index >= 15 is 0 Å². The molecule has 3 rings (SSSR count). The number of benzene rings is 1. The first-order valence-corrected chi connectivity index (χ1v) is 8.98. The first kappa shape index (κ1) is 16.1. The quantitative estimate of drug-likeness (QED) is 0.885. The summed E-state index contributed by atoms with van der Waals surface area (Å²) in [6, 6.07) is 10.7. The van der Waals surface area contributed by atoms with Crippen molar-refractivity contribution in [1.82, 2.24) is 10.3 Å². The van der Waals surface area contributed by atoms with E-state index in [1.165, 1.54) is 16.1 Å². The van der Waals surface area contributed by atoms with Crippen molar-refractivity contribution >= 4 is 22.4 Å². The van der Waals surface area contributed by atoms with Gasteiger partial charge in [-0.25, -0.2) is 4.98 Å². The number of amides is 1. The number of carbonyl (C=O) groups excluding carboxylic acids is 1. The molecule has 5 heteroatoms. The molecule has 0 spiro atoms. The van der Waals surface area contributed by atoms with Crippen molar-refractivity contribution in [3.05, 3.63) is 46.5 Å². The summed E-state index contributed by atoms with van der Waals surface area (Å²) in [5, 5.41) is 6.74. The van der Waals surface area contributed by atoms with E-state index in [1.54, 1.807) is 11.3 Å². The average Bonchev–Trinajstić information content (AvgIpc) is 2.97. The highest BCUT2D eigenvalue weighted by Crippen LogP contribution is 2.36. The highest BCUT2D eigenvalue weighted by atomic mass is 32.1. The normalized spacial score (nSPS) is 18.3.